The Morgan fingerprint density at radius 1 is 0.842 bits per heavy atom. The normalized spacial score (nSPS) is 10.7. The maximum absolute atomic E-state index is 9.34. The maximum atomic E-state index is 9.34. The van der Waals surface area contributed by atoms with Crippen LogP contribution in [0.1, 0.15) is 25.0 Å². The molecule has 0 atom stereocenters. The summed E-state index contributed by atoms with van der Waals surface area (Å²) in [5.41, 5.74) is 2.29. The predicted molar refractivity (Wildman–Crippen MR) is 73.2 cm³/mol. The van der Waals surface area contributed by atoms with Gasteiger partial charge in [0.25, 0.3) is 0 Å². The summed E-state index contributed by atoms with van der Waals surface area (Å²) >= 11 is 0. The molecule has 0 aromatic heterocycles. The third-order valence-electron chi connectivity index (χ3n) is 3.40. The van der Waals surface area contributed by atoms with Gasteiger partial charge in [-0.1, -0.05) is 38.1 Å². The first-order valence-electron chi connectivity index (χ1n) is 5.98. The molecule has 1 N–H and O–H groups in total. The summed E-state index contributed by atoms with van der Waals surface area (Å²) in [5, 5.41) is 9.34. The Bertz CT molecular complexity index is 515. The van der Waals surface area contributed by atoms with Crippen LogP contribution in [0.4, 0.5) is 0 Å². The van der Waals surface area contributed by atoms with Crippen LogP contribution in [0.15, 0.2) is 48.5 Å². The number of hydrogen-bond donors (Lipinski definition) is 1. The first-order valence-corrected chi connectivity index (χ1v) is 5.98. The van der Waals surface area contributed by atoms with Crippen LogP contribution in [0.25, 0.3) is 0 Å². The van der Waals surface area contributed by atoms with Gasteiger partial charge >= 0.3 is 0 Å². The SMILES string of the molecule is COc1ccc(C(C)(C)c2ccc(O)cc2)cc1.[W]. The van der Waals surface area contributed by atoms with E-state index in [0.717, 1.165) is 5.75 Å². The zero-order chi connectivity index (χ0) is 13.2. The molecule has 2 aromatic carbocycles. The molecule has 0 bridgehead atoms. The third-order valence-corrected chi connectivity index (χ3v) is 3.40. The number of phenolic OH excluding ortho intramolecular Hbond substituents is 1. The molecule has 0 fully saturated rings. The van der Waals surface area contributed by atoms with Crippen molar-refractivity contribution in [1.82, 2.24) is 0 Å². The largest absolute Gasteiger partial charge is 0.508 e. The molecule has 0 saturated heterocycles. The van der Waals surface area contributed by atoms with E-state index < -0.39 is 0 Å². The van der Waals surface area contributed by atoms with Crippen molar-refractivity contribution in [2.45, 2.75) is 19.3 Å². The van der Waals surface area contributed by atoms with E-state index in [1.165, 1.54) is 11.1 Å². The van der Waals surface area contributed by atoms with E-state index in [9.17, 15) is 5.11 Å². The Balaban J connectivity index is 0.00000180. The summed E-state index contributed by atoms with van der Waals surface area (Å²) in [7, 11) is 1.67. The molecule has 0 aliphatic heterocycles. The molecule has 0 radical (unpaired) electrons. The smallest absolute Gasteiger partial charge is 0.118 e. The number of hydrogen-bond acceptors (Lipinski definition) is 2. The minimum absolute atomic E-state index is 0. The van der Waals surface area contributed by atoms with Crippen LogP contribution in [0, 0.1) is 0 Å². The maximum Gasteiger partial charge on any atom is 0.118 e. The zero-order valence-electron chi connectivity index (χ0n) is 11.4. The zero-order valence-corrected chi connectivity index (χ0v) is 14.3. The fourth-order valence-corrected chi connectivity index (χ4v) is 2.05. The molecule has 100 valence electrons. The molecule has 0 heterocycles. The molecule has 19 heavy (non-hydrogen) atoms. The number of ether oxygens (including phenoxy) is 1. The summed E-state index contributed by atoms with van der Waals surface area (Å²) in [6.45, 7) is 4.34. The van der Waals surface area contributed by atoms with Crippen molar-refractivity contribution in [3.05, 3.63) is 59.7 Å². The van der Waals surface area contributed by atoms with Crippen molar-refractivity contribution in [3.8, 4) is 11.5 Å². The van der Waals surface area contributed by atoms with Gasteiger partial charge in [0, 0.05) is 26.5 Å². The van der Waals surface area contributed by atoms with Crippen LogP contribution in [0.2, 0.25) is 0 Å². The van der Waals surface area contributed by atoms with E-state index in [2.05, 4.69) is 26.0 Å². The minimum Gasteiger partial charge on any atom is -0.508 e. The monoisotopic (exact) mass is 426 g/mol. The molecule has 3 heteroatoms. The molecular formula is C16H18O2W. The average Bonchev–Trinajstić information content (AvgIpc) is 2.39. The fraction of sp³-hybridized carbons (Fsp3) is 0.250. The third kappa shape index (κ3) is 3.39. The summed E-state index contributed by atoms with van der Waals surface area (Å²) in [5.74, 6) is 1.16. The molecule has 0 spiro atoms. The van der Waals surface area contributed by atoms with Crippen molar-refractivity contribution in [2.75, 3.05) is 7.11 Å². The second-order valence-electron chi connectivity index (χ2n) is 4.90. The van der Waals surface area contributed by atoms with Crippen LogP contribution in [-0.4, -0.2) is 12.2 Å². The van der Waals surface area contributed by atoms with Gasteiger partial charge in [0.15, 0.2) is 0 Å². The molecule has 0 amide bonds. The van der Waals surface area contributed by atoms with Gasteiger partial charge in [0.1, 0.15) is 11.5 Å². The predicted octanol–water partition coefficient (Wildman–Crippen LogP) is 3.72. The quantitative estimate of drug-likeness (QED) is 0.811. The van der Waals surface area contributed by atoms with Crippen LogP contribution >= 0.6 is 0 Å². The van der Waals surface area contributed by atoms with E-state index in [0.29, 0.717) is 5.75 Å². The summed E-state index contributed by atoms with van der Waals surface area (Å²) < 4.78 is 5.17. The fourth-order valence-electron chi connectivity index (χ4n) is 2.05. The van der Waals surface area contributed by atoms with Crippen LogP contribution in [-0.2, 0) is 26.5 Å². The van der Waals surface area contributed by atoms with Crippen molar-refractivity contribution in [2.24, 2.45) is 0 Å². The number of methoxy groups -OCH3 is 1. The second kappa shape index (κ2) is 6.25. The summed E-state index contributed by atoms with van der Waals surface area (Å²) in [4.78, 5) is 0. The van der Waals surface area contributed by atoms with Gasteiger partial charge in [-0.25, -0.2) is 0 Å². The molecule has 0 unspecified atom stereocenters. The van der Waals surface area contributed by atoms with E-state index >= 15 is 0 Å². The number of benzene rings is 2. The van der Waals surface area contributed by atoms with Gasteiger partial charge in [-0.05, 0) is 35.4 Å². The summed E-state index contributed by atoms with van der Waals surface area (Å²) in [6, 6.07) is 15.5. The second-order valence-corrected chi connectivity index (χ2v) is 4.90. The van der Waals surface area contributed by atoms with Gasteiger partial charge in [-0.2, -0.15) is 0 Å². The molecule has 0 saturated carbocycles. The standard InChI is InChI=1S/C16H18O2.W/c1-16(2,12-4-8-14(17)9-5-12)13-6-10-15(18-3)11-7-13;/h4-11,17H,1-3H3;. The topological polar surface area (TPSA) is 29.5 Å². The first kappa shape index (κ1) is 15.8. The average molecular weight is 426 g/mol. The van der Waals surface area contributed by atoms with Crippen LogP contribution < -0.4 is 4.74 Å². The molecular weight excluding hydrogens is 408 g/mol. The Kier molecular flexibility index (Phi) is 5.19. The molecule has 2 rings (SSSR count). The van der Waals surface area contributed by atoms with E-state index in [4.69, 9.17) is 4.74 Å². The molecule has 0 aliphatic rings. The minimum atomic E-state index is -0.0973. The number of phenols is 1. The Hall–Kier alpha value is -1.27. The van der Waals surface area contributed by atoms with Crippen molar-refractivity contribution >= 4 is 0 Å². The number of rotatable bonds is 3. The number of aromatic hydroxyl groups is 1. The molecule has 2 aromatic rings. The molecule has 2 nitrogen and oxygen atoms in total. The Morgan fingerprint density at radius 3 is 1.68 bits per heavy atom. The summed E-state index contributed by atoms with van der Waals surface area (Å²) in [6.07, 6.45) is 0. The first-order chi connectivity index (χ1) is 8.54. The van der Waals surface area contributed by atoms with Gasteiger partial charge < -0.3 is 9.84 Å². The van der Waals surface area contributed by atoms with E-state index in [1.807, 2.05) is 24.3 Å². The van der Waals surface area contributed by atoms with Crippen LogP contribution in [0.5, 0.6) is 11.5 Å². The van der Waals surface area contributed by atoms with Gasteiger partial charge in [-0.3, -0.25) is 0 Å². The Morgan fingerprint density at radius 2 is 1.26 bits per heavy atom. The van der Waals surface area contributed by atoms with Gasteiger partial charge in [-0.15, -0.1) is 0 Å². The molecule has 0 aliphatic carbocycles. The Labute approximate surface area is 128 Å². The van der Waals surface area contributed by atoms with Gasteiger partial charge in [0.2, 0.25) is 0 Å². The van der Waals surface area contributed by atoms with Crippen molar-refractivity contribution in [3.63, 3.8) is 0 Å². The van der Waals surface area contributed by atoms with Gasteiger partial charge in [0.05, 0.1) is 7.11 Å². The van der Waals surface area contributed by atoms with Crippen LogP contribution in [0.3, 0.4) is 0 Å². The van der Waals surface area contributed by atoms with Crippen molar-refractivity contribution in [1.29, 1.82) is 0 Å². The van der Waals surface area contributed by atoms with E-state index in [1.54, 1.807) is 19.2 Å². The van der Waals surface area contributed by atoms with Crippen molar-refractivity contribution < 1.29 is 30.9 Å². The van der Waals surface area contributed by atoms with E-state index in [-0.39, 0.29) is 26.5 Å².